The van der Waals surface area contributed by atoms with Crippen molar-refractivity contribution in [3.8, 4) is 5.75 Å². The van der Waals surface area contributed by atoms with Crippen LogP contribution in [0.4, 0.5) is 0 Å². The van der Waals surface area contributed by atoms with Gasteiger partial charge in [0.2, 0.25) is 0 Å². The third-order valence-corrected chi connectivity index (χ3v) is 4.83. The summed E-state index contributed by atoms with van der Waals surface area (Å²) in [5, 5.41) is 0. The van der Waals surface area contributed by atoms with Crippen molar-refractivity contribution < 1.29 is 17.7 Å². The smallest absolute Gasteiger partial charge is 0.480 e. The summed E-state index contributed by atoms with van der Waals surface area (Å²) in [4.78, 5) is 0. The first-order valence-corrected chi connectivity index (χ1v) is 7.56. The zero-order chi connectivity index (χ0) is 13.8. The molecule has 1 aromatic carbocycles. The Balaban J connectivity index is 3.05. The molecule has 0 spiro atoms. The number of benzene rings is 1. The van der Waals surface area contributed by atoms with E-state index >= 15 is 0 Å². The molecule has 0 saturated carbocycles. The predicted molar refractivity (Wildman–Crippen MR) is 72.7 cm³/mol. The number of aryl methyl sites for hydroxylation is 1. The normalized spacial score (nSPS) is 11.9. The van der Waals surface area contributed by atoms with Crippen molar-refractivity contribution >= 4 is 9.05 Å². The summed E-state index contributed by atoms with van der Waals surface area (Å²) in [5.74, 6) is 1.19. The van der Waals surface area contributed by atoms with Gasteiger partial charge in [0.1, 0.15) is 5.75 Å². The highest BCUT2D eigenvalue weighted by atomic mass is 28.4. The van der Waals surface area contributed by atoms with Crippen LogP contribution in [0.1, 0.15) is 30.9 Å². The first-order chi connectivity index (χ1) is 8.48. The van der Waals surface area contributed by atoms with E-state index in [1.807, 2.05) is 19.1 Å². The quantitative estimate of drug-likeness (QED) is 0.745. The Morgan fingerprint density at radius 1 is 1.00 bits per heavy atom. The molecule has 0 amide bonds. The van der Waals surface area contributed by atoms with Gasteiger partial charge in [-0.25, -0.2) is 0 Å². The molecule has 0 N–H and O–H groups in total. The van der Waals surface area contributed by atoms with Gasteiger partial charge in [0.05, 0.1) is 0 Å². The molecule has 0 radical (unpaired) electrons. The van der Waals surface area contributed by atoms with Gasteiger partial charge >= 0.3 is 9.05 Å². The topological polar surface area (TPSA) is 36.9 Å². The minimum Gasteiger partial charge on any atom is -0.480 e. The second-order valence-corrected chi connectivity index (χ2v) is 6.82. The molecule has 0 atom stereocenters. The molecule has 0 aromatic heterocycles. The zero-order valence-electron chi connectivity index (χ0n) is 11.9. The lowest BCUT2D eigenvalue weighted by atomic mass is 10.0. The van der Waals surface area contributed by atoms with Gasteiger partial charge in [0, 0.05) is 21.3 Å². The van der Waals surface area contributed by atoms with Gasteiger partial charge < -0.3 is 17.7 Å². The fourth-order valence-electron chi connectivity index (χ4n) is 1.60. The van der Waals surface area contributed by atoms with E-state index in [1.165, 1.54) is 26.9 Å². The number of hydrogen-bond acceptors (Lipinski definition) is 4. The van der Waals surface area contributed by atoms with Crippen LogP contribution in [-0.4, -0.2) is 30.4 Å². The fraction of sp³-hybridized carbons (Fsp3) is 0.538. The minimum atomic E-state index is -3.05. The fourth-order valence-corrected chi connectivity index (χ4v) is 2.83. The Morgan fingerprint density at radius 3 is 2.00 bits per heavy atom. The molecule has 0 aliphatic heterocycles. The third kappa shape index (κ3) is 3.32. The summed E-state index contributed by atoms with van der Waals surface area (Å²) in [6.45, 7) is 6.27. The summed E-state index contributed by atoms with van der Waals surface area (Å²) >= 11 is 0. The van der Waals surface area contributed by atoms with Crippen LogP contribution in [0.2, 0.25) is 0 Å². The van der Waals surface area contributed by atoms with E-state index in [2.05, 4.69) is 19.9 Å². The zero-order valence-corrected chi connectivity index (χ0v) is 12.9. The monoisotopic (exact) mass is 270 g/mol. The van der Waals surface area contributed by atoms with E-state index in [9.17, 15) is 0 Å². The predicted octanol–water partition coefficient (Wildman–Crippen LogP) is 2.87. The molecule has 0 aliphatic carbocycles. The van der Waals surface area contributed by atoms with Crippen molar-refractivity contribution in [2.45, 2.75) is 26.7 Å². The average molecular weight is 270 g/mol. The number of hydrogen-bond donors (Lipinski definition) is 0. The maximum absolute atomic E-state index is 5.84. The van der Waals surface area contributed by atoms with E-state index < -0.39 is 9.05 Å². The van der Waals surface area contributed by atoms with E-state index in [-0.39, 0.29) is 0 Å². The second kappa shape index (κ2) is 6.33. The average Bonchev–Trinajstić information content (AvgIpc) is 2.38. The molecule has 0 fully saturated rings. The summed E-state index contributed by atoms with van der Waals surface area (Å²) in [5.41, 5.74) is 2.24. The van der Waals surface area contributed by atoms with Crippen LogP contribution in [0, 0.1) is 6.92 Å². The van der Waals surface area contributed by atoms with E-state index in [4.69, 9.17) is 17.7 Å². The molecule has 4 nitrogen and oxygen atoms in total. The van der Waals surface area contributed by atoms with Crippen LogP contribution in [0.5, 0.6) is 5.75 Å². The lowest BCUT2D eigenvalue weighted by molar-refractivity contribution is 0.0507. The van der Waals surface area contributed by atoms with Crippen LogP contribution in [-0.2, 0) is 13.3 Å². The van der Waals surface area contributed by atoms with Gasteiger partial charge in [-0.2, -0.15) is 0 Å². The highest BCUT2D eigenvalue weighted by molar-refractivity contribution is 6.54. The first kappa shape index (κ1) is 15.2. The SMILES string of the molecule is CO[Si](OC)(OC)Oc1cc(C(C)C)ccc1C. The van der Waals surface area contributed by atoms with Gasteiger partial charge in [-0.05, 0) is 30.0 Å². The largest absolute Gasteiger partial charge is 0.748 e. The molecule has 18 heavy (non-hydrogen) atoms. The summed E-state index contributed by atoms with van der Waals surface area (Å²) in [6.07, 6.45) is 0. The Kier molecular flexibility index (Phi) is 5.34. The van der Waals surface area contributed by atoms with Crippen LogP contribution in [0.15, 0.2) is 18.2 Å². The van der Waals surface area contributed by atoms with Gasteiger partial charge in [-0.15, -0.1) is 0 Å². The summed E-state index contributed by atoms with van der Waals surface area (Å²) in [6, 6.07) is 6.14. The van der Waals surface area contributed by atoms with Crippen LogP contribution in [0.25, 0.3) is 0 Å². The molecule has 102 valence electrons. The van der Waals surface area contributed by atoms with Gasteiger partial charge in [0.15, 0.2) is 0 Å². The van der Waals surface area contributed by atoms with Crippen molar-refractivity contribution in [2.75, 3.05) is 21.3 Å². The first-order valence-electron chi connectivity index (χ1n) is 5.93. The molecule has 1 rings (SSSR count). The Bertz CT molecular complexity index is 380. The molecule has 0 saturated heterocycles. The maximum atomic E-state index is 5.84. The van der Waals surface area contributed by atoms with Crippen molar-refractivity contribution in [3.05, 3.63) is 29.3 Å². The number of rotatable bonds is 6. The van der Waals surface area contributed by atoms with Crippen molar-refractivity contribution in [2.24, 2.45) is 0 Å². The van der Waals surface area contributed by atoms with Crippen LogP contribution < -0.4 is 4.43 Å². The molecule has 5 heteroatoms. The molecule has 0 aliphatic rings. The Hall–Kier alpha value is -0.883. The van der Waals surface area contributed by atoms with E-state index in [0.29, 0.717) is 5.92 Å². The van der Waals surface area contributed by atoms with E-state index in [1.54, 1.807) is 0 Å². The molecule has 0 heterocycles. The van der Waals surface area contributed by atoms with Crippen LogP contribution >= 0.6 is 0 Å². The highest BCUT2D eigenvalue weighted by Gasteiger charge is 2.45. The maximum Gasteiger partial charge on any atom is 0.748 e. The van der Waals surface area contributed by atoms with Gasteiger partial charge in [0.25, 0.3) is 0 Å². The molecule has 0 unspecified atom stereocenters. The van der Waals surface area contributed by atoms with Crippen molar-refractivity contribution in [3.63, 3.8) is 0 Å². The third-order valence-electron chi connectivity index (χ3n) is 2.86. The lowest BCUT2D eigenvalue weighted by Crippen LogP contribution is -2.49. The van der Waals surface area contributed by atoms with Crippen molar-refractivity contribution in [1.82, 2.24) is 0 Å². The molecular weight excluding hydrogens is 248 g/mol. The summed E-state index contributed by atoms with van der Waals surface area (Å²) < 4.78 is 21.6. The highest BCUT2D eigenvalue weighted by Crippen LogP contribution is 2.27. The molecule has 0 bridgehead atoms. The lowest BCUT2D eigenvalue weighted by Gasteiger charge is -2.25. The van der Waals surface area contributed by atoms with Gasteiger partial charge in [-0.1, -0.05) is 26.0 Å². The second-order valence-electron chi connectivity index (χ2n) is 4.39. The Morgan fingerprint density at radius 2 is 1.56 bits per heavy atom. The van der Waals surface area contributed by atoms with Crippen molar-refractivity contribution in [1.29, 1.82) is 0 Å². The minimum absolute atomic E-state index is 0.441. The van der Waals surface area contributed by atoms with Gasteiger partial charge in [-0.3, -0.25) is 0 Å². The summed E-state index contributed by atoms with van der Waals surface area (Å²) in [7, 11) is 1.54. The van der Waals surface area contributed by atoms with E-state index in [0.717, 1.165) is 11.3 Å². The van der Waals surface area contributed by atoms with Crippen LogP contribution in [0.3, 0.4) is 0 Å². The molecular formula is C13H22O4Si. The standard InChI is InChI=1S/C13H22O4Si/c1-10(2)12-8-7-11(3)13(9-12)17-18(14-4,15-5)16-6/h7-10H,1-6H3. The molecule has 1 aromatic rings. The Labute approximate surface area is 110 Å².